The fourth-order valence-electron chi connectivity index (χ4n) is 5.02. The Morgan fingerprint density at radius 3 is 2.74 bits per heavy atom. The van der Waals surface area contributed by atoms with E-state index in [1.54, 1.807) is 14.1 Å². The summed E-state index contributed by atoms with van der Waals surface area (Å²) in [5.74, 6) is -0.550. The van der Waals surface area contributed by atoms with Gasteiger partial charge in [-0.25, -0.2) is 9.37 Å². The molecule has 2 aromatic rings. The van der Waals surface area contributed by atoms with E-state index in [0.717, 1.165) is 24.8 Å². The van der Waals surface area contributed by atoms with Gasteiger partial charge in [0.1, 0.15) is 11.6 Å². The Labute approximate surface area is 186 Å². The molecule has 1 aliphatic heterocycles. The van der Waals surface area contributed by atoms with E-state index in [2.05, 4.69) is 16.4 Å². The van der Waals surface area contributed by atoms with Crippen molar-refractivity contribution in [1.82, 2.24) is 9.88 Å². The van der Waals surface area contributed by atoms with Crippen molar-refractivity contribution >= 4 is 29.0 Å². The number of benzene rings is 1. The number of nitrogen functional groups attached to an aromatic ring is 1. The number of aromatic nitrogens is 1. The van der Waals surface area contributed by atoms with Crippen molar-refractivity contribution in [3.8, 4) is 17.2 Å². The van der Waals surface area contributed by atoms with Crippen LogP contribution in [0.4, 0.5) is 15.9 Å². The number of pyridine rings is 1. The zero-order valence-corrected chi connectivity index (χ0v) is 18.6. The lowest BCUT2D eigenvalue weighted by atomic mass is 9.75. The number of hydrogen-bond donors (Lipinski definition) is 2. The first-order chi connectivity index (χ1) is 14.7. The number of hydrogen-bond acceptors (Lipinski definition) is 5. The Morgan fingerprint density at radius 2 is 2.13 bits per heavy atom. The standard InChI is InChI=1S/C23H25ClFN5O/c1-4-22(11-26)7-8-23(10-22)12-29-20-17(23)18(24)14(9-28-20)13-5-6-15(27)16(19(13)25)21(31)30(2)3/h5-6,9H,4,7-8,10,12,27H2,1-3H3,(H,28,29)/t22-,23-/m0/s1. The molecule has 1 fully saturated rings. The number of nitriles is 1. The van der Waals surface area contributed by atoms with Gasteiger partial charge in [-0.05, 0) is 37.8 Å². The maximum absolute atomic E-state index is 15.5. The predicted octanol–water partition coefficient (Wildman–Crippen LogP) is 4.59. The monoisotopic (exact) mass is 441 g/mol. The Balaban J connectivity index is 1.86. The van der Waals surface area contributed by atoms with Crippen LogP contribution in [0.15, 0.2) is 18.3 Å². The number of nitrogens with two attached hydrogens (primary N) is 1. The maximum Gasteiger partial charge on any atom is 0.258 e. The molecule has 6 nitrogen and oxygen atoms in total. The van der Waals surface area contributed by atoms with E-state index < -0.39 is 11.7 Å². The number of nitrogens with one attached hydrogen (secondary N) is 1. The summed E-state index contributed by atoms with van der Waals surface area (Å²) < 4.78 is 15.5. The maximum atomic E-state index is 15.5. The second-order valence-corrected chi connectivity index (χ2v) is 9.23. The van der Waals surface area contributed by atoms with E-state index >= 15 is 4.39 Å². The lowest BCUT2D eigenvalue weighted by Crippen LogP contribution is -2.27. The van der Waals surface area contributed by atoms with Gasteiger partial charge in [0.15, 0.2) is 0 Å². The molecule has 31 heavy (non-hydrogen) atoms. The van der Waals surface area contributed by atoms with Crippen LogP contribution in [0.2, 0.25) is 5.02 Å². The van der Waals surface area contributed by atoms with Crippen LogP contribution in [-0.4, -0.2) is 36.4 Å². The molecule has 0 saturated heterocycles. The normalized spacial score (nSPS) is 24.0. The highest BCUT2D eigenvalue weighted by molar-refractivity contribution is 6.34. The van der Waals surface area contributed by atoms with Gasteiger partial charge in [-0.3, -0.25) is 4.79 Å². The summed E-state index contributed by atoms with van der Waals surface area (Å²) in [5, 5.41) is 13.5. The van der Waals surface area contributed by atoms with Gasteiger partial charge < -0.3 is 16.0 Å². The summed E-state index contributed by atoms with van der Waals surface area (Å²) in [6.07, 6.45) is 4.59. The van der Waals surface area contributed by atoms with Crippen LogP contribution in [0.1, 0.15) is 48.5 Å². The first kappa shape index (κ1) is 21.4. The van der Waals surface area contributed by atoms with E-state index in [0.29, 0.717) is 29.4 Å². The SMILES string of the molecule is CC[C@]1(C#N)CC[C@@]2(CNc3ncc(-c4ccc(N)c(C(=O)N(C)C)c4F)c(Cl)c32)C1. The second kappa shape index (κ2) is 7.38. The molecule has 1 aromatic carbocycles. The van der Waals surface area contributed by atoms with Crippen molar-refractivity contribution in [2.24, 2.45) is 5.41 Å². The highest BCUT2D eigenvalue weighted by atomic mass is 35.5. The molecule has 1 saturated carbocycles. The molecule has 3 N–H and O–H groups in total. The number of nitrogens with zero attached hydrogens (tertiary/aromatic N) is 3. The molecule has 2 atom stereocenters. The summed E-state index contributed by atoms with van der Waals surface area (Å²) in [4.78, 5) is 18.3. The molecule has 1 amide bonds. The summed E-state index contributed by atoms with van der Waals surface area (Å²) in [7, 11) is 3.09. The lowest BCUT2D eigenvalue weighted by molar-refractivity contribution is 0.0824. The largest absolute Gasteiger partial charge is 0.398 e. The van der Waals surface area contributed by atoms with Crippen LogP contribution in [0.3, 0.4) is 0 Å². The molecule has 1 aromatic heterocycles. The molecule has 0 unspecified atom stereocenters. The van der Waals surface area contributed by atoms with E-state index in [-0.39, 0.29) is 27.6 Å². The van der Waals surface area contributed by atoms with Crippen LogP contribution in [0.25, 0.3) is 11.1 Å². The summed E-state index contributed by atoms with van der Waals surface area (Å²) in [6, 6.07) is 5.56. The van der Waals surface area contributed by atoms with E-state index in [1.807, 2.05) is 6.92 Å². The smallest absolute Gasteiger partial charge is 0.258 e. The molecular formula is C23H25ClFN5O. The predicted molar refractivity (Wildman–Crippen MR) is 119 cm³/mol. The zero-order valence-electron chi connectivity index (χ0n) is 17.9. The number of carbonyl (C=O) groups is 1. The minimum absolute atomic E-state index is 0.0703. The lowest BCUT2D eigenvalue weighted by Gasteiger charge is -2.27. The number of anilines is 2. The van der Waals surface area contributed by atoms with Crippen molar-refractivity contribution in [3.05, 3.63) is 40.3 Å². The van der Waals surface area contributed by atoms with Gasteiger partial charge in [0.05, 0.1) is 22.1 Å². The molecule has 2 aliphatic rings. The molecular weight excluding hydrogens is 417 g/mol. The zero-order chi connectivity index (χ0) is 22.6. The molecule has 1 aliphatic carbocycles. The van der Waals surface area contributed by atoms with Crippen LogP contribution in [0.5, 0.6) is 0 Å². The third-order valence-corrected chi connectivity index (χ3v) is 7.29. The third-order valence-electron chi connectivity index (χ3n) is 6.90. The molecule has 0 bridgehead atoms. The highest BCUT2D eigenvalue weighted by Gasteiger charge is 2.53. The molecule has 1 spiro atoms. The summed E-state index contributed by atoms with van der Waals surface area (Å²) in [5.41, 5.74) is 6.55. The quantitative estimate of drug-likeness (QED) is 0.679. The number of carbonyl (C=O) groups excluding carboxylic acids is 1. The van der Waals surface area contributed by atoms with Crippen molar-refractivity contribution in [2.45, 2.75) is 38.0 Å². The molecule has 4 rings (SSSR count). The van der Waals surface area contributed by atoms with Gasteiger partial charge in [0.25, 0.3) is 5.91 Å². The Kier molecular flexibility index (Phi) is 5.09. The van der Waals surface area contributed by atoms with Crippen LogP contribution in [0, 0.1) is 22.6 Å². The van der Waals surface area contributed by atoms with Gasteiger partial charge in [-0.1, -0.05) is 18.5 Å². The number of rotatable bonds is 3. The molecule has 8 heteroatoms. The third kappa shape index (κ3) is 3.12. The average Bonchev–Trinajstić information content (AvgIpc) is 3.31. The van der Waals surface area contributed by atoms with E-state index in [1.165, 1.54) is 23.2 Å². The van der Waals surface area contributed by atoms with Gasteiger partial charge >= 0.3 is 0 Å². The first-order valence-electron chi connectivity index (χ1n) is 10.3. The molecule has 0 radical (unpaired) electrons. The Morgan fingerprint density at radius 1 is 1.39 bits per heavy atom. The minimum Gasteiger partial charge on any atom is -0.398 e. The van der Waals surface area contributed by atoms with Crippen molar-refractivity contribution in [2.75, 3.05) is 31.7 Å². The summed E-state index contributed by atoms with van der Waals surface area (Å²) >= 11 is 6.89. The van der Waals surface area contributed by atoms with Gasteiger partial charge in [0, 0.05) is 54.6 Å². The summed E-state index contributed by atoms with van der Waals surface area (Å²) in [6.45, 7) is 2.69. The Bertz CT molecular complexity index is 1130. The first-order valence-corrected chi connectivity index (χ1v) is 10.7. The second-order valence-electron chi connectivity index (χ2n) is 8.86. The molecule has 162 valence electrons. The fourth-order valence-corrected chi connectivity index (χ4v) is 5.46. The van der Waals surface area contributed by atoms with Gasteiger partial charge in [-0.2, -0.15) is 5.26 Å². The number of amides is 1. The van der Waals surface area contributed by atoms with Gasteiger partial charge in [0.2, 0.25) is 0 Å². The average molecular weight is 442 g/mol. The topological polar surface area (TPSA) is 95.0 Å². The minimum atomic E-state index is -0.714. The van der Waals surface area contributed by atoms with Crippen LogP contribution >= 0.6 is 11.6 Å². The molecule has 2 heterocycles. The Hall–Kier alpha value is -2.85. The van der Waals surface area contributed by atoms with E-state index in [9.17, 15) is 10.1 Å². The van der Waals surface area contributed by atoms with Crippen molar-refractivity contribution in [1.29, 1.82) is 5.26 Å². The highest BCUT2D eigenvalue weighted by Crippen LogP contribution is 2.58. The van der Waals surface area contributed by atoms with Gasteiger partial charge in [-0.15, -0.1) is 0 Å². The van der Waals surface area contributed by atoms with Crippen LogP contribution < -0.4 is 11.1 Å². The number of fused-ring (bicyclic) bond motifs is 2. The van der Waals surface area contributed by atoms with Crippen molar-refractivity contribution < 1.29 is 9.18 Å². The van der Waals surface area contributed by atoms with Crippen LogP contribution in [-0.2, 0) is 5.41 Å². The van der Waals surface area contributed by atoms with Crippen molar-refractivity contribution in [3.63, 3.8) is 0 Å². The fraction of sp³-hybridized carbons (Fsp3) is 0.435. The van der Waals surface area contributed by atoms with E-state index in [4.69, 9.17) is 17.3 Å². The number of halogens is 2.